The lowest BCUT2D eigenvalue weighted by atomic mass is 9.95. The third-order valence-corrected chi connectivity index (χ3v) is 4.53. The molecule has 130 valence electrons. The molecule has 3 rings (SSSR count). The largest absolute Gasteiger partial charge is 0.369 e. The molecule has 0 aliphatic rings. The molecule has 26 heavy (non-hydrogen) atoms. The molecule has 0 aliphatic carbocycles. The predicted molar refractivity (Wildman–Crippen MR) is 106 cm³/mol. The average Bonchev–Trinajstić information content (AvgIpc) is 2.65. The highest BCUT2D eigenvalue weighted by Crippen LogP contribution is 2.23. The molecule has 1 atom stereocenters. The van der Waals surface area contributed by atoms with E-state index in [1.807, 2.05) is 0 Å². The van der Waals surface area contributed by atoms with Crippen molar-refractivity contribution < 1.29 is 0 Å². The van der Waals surface area contributed by atoms with Crippen LogP contribution in [0.5, 0.6) is 0 Å². The summed E-state index contributed by atoms with van der Waals surface area (Å²) < 4.78 is 1.30. The van der Waals surface area contributed by atoms with Gasteiger partial charge in [-0.05, 0) is 30.0 Å². The molecule has 0 amide bonds. The van der Waals surface area contributed by atoms with Gasteiger partial charge in [-0.1, -0.05) is 60.0 Å². The summed E-state index contributed by atoms with van der Waals surface area (Å²) in [5.74, 6) is 2.60. The van der Waals surface area contributed by atoms with Gasteiger partial charge in [0, 0.05) is 13.1 Å². The van der Waals surface area contributed by atoms with Crippen LogP contribution in [0.2, 0.25) is 0 Å². The summed E-state index contributed by atoms with van der Waals surface area (Å²) >= 11 is 0. The van der Waals surface area contributed by atoms with Gasteiger partial charge in [-0.15, -0.1) is 6.42 Å². The summed E-state index contributed by atoms with van der Waals surface area (Å²) in [4.78, 5) is 16.2. The van der Waals surface area contributed by atoms with Crippen LogP contribution in [0.3, 0.4) is 0 Å². The first-order valence-electron chi connectivity index (χ1n) is 8.43. The van der Waals surface area contributed by atoms with Crippen molar-refractivity contribution in [1.29, 1.82) is 0 Å². The number of aryl methyl sites for hydroxylation is 1. The smallest absolute Gasteiger partial charge is 0.254 e. The maximum atomic E-state index is 11.9. The van der Waals surface area contributed by atoms with Crippen LogP contribution in [-0.4, -0.2) is 9.55 Å². The molecule has 0 spiro atoms. The van der Waals surface area contributed by atoms with Crippen molar-refractivity contribution in [2.75, 3.05) is 5.73 Å². The summed E-state index contributed by atoms with van der Waals surface area (Å²) in [6.45, 7) is 2.07. The molecule has 0 aliphatic heterocycles. The zero-order valence-electron chi connectivity index (χ0n) is 14.9. The van der Waals surface area contributed by atoms with Crippen LogP contribution in [0.4, 0.5) is 5.95 Å². The second-order valence-electron chi connectivity index (χ2n) is 6.42. The first-order valence-corrected chi connectivity index (χ1v) is 8.43. The van der Waals surface area contributed by atoms with Gasteiger partial charge in [0.25, 0.3) is 5.56 Å². The monoisotopic (exact) mass is 343 g/mol. The summed E-state index contributed by atoms with van der Waals surface area (Å²) in [6, 6.07) is 18.2. The Hall–Kier alpha value is -3.32. The van der Waals surface area contributed by atoms with Gasteiger partial charge in [0.2, 0.25) is 5.95 Å². The van der Waals surface area contributed by atoms with Crippen molar-refractivity contribution in [3.8, 4) is 23.5 Å². The Morgan fingerprint density at radius 3 is 2.23 bits per heavy atom. The number of aromatic nitrogens is 2. The lowest BCUT2D eigenvalue weighted by Gasteiger charge is -2.12. The number of benzene rings is 2. The molecular formula is C22H21N3O. The minimum Gasteiger partial charge on any atom is -0.369 e. The normalized spacial score (nSPS) is 11.7. The second kappa shape index (κ2) is 7.28. The van der Waals surface area contributed by atoms with Crippen molar-refractivity contribution in [3.63, 3.8) is 0 Å². The van der Waals surface area contributed by atoms with Gasteiger partial charge in [0.1, 0.15) is 0 Å². The number of nitrogens with two attached hydrogens (primary N) is 1. The highest BCUT2D eigenvalue weighted by molar-refractivity contribution is 5.64. The minimum atomic E-state index is -0.295. The third-order valence-electron chi connectivity index (χ3n) is 4.53. The maximum absolute atomic E-state index is 11.9. The van der Waals surface area contributed by atoms with E-state index < -0.39 is 0 Å². The molecule has 0 saturated carbocycles. The second-order valence-corrected chi connectivity index (χ2v) is 6.42. The van der Waals surface area contributed by atoms with Gasteiger partial charge in [0.05, 0.1) is 11.6 Å². The van der Waals surface area contributed by atoms with Gasteiger partial charge < -0.3 is 5.73 Å². The molecule has 4 nitrogen and oxygen atoms in total. The number of hydrogen-bond acceptors (Lipinski definition) is 3. The van der Waals surface area contributed by atoms with E-state index in [-0.39, 0.29) is 17.4 Å². The number of nitrogen functional groups attached to an aromatic ring is 1. The van der Waals surface area contributed by atoms with E-state index in [0.717, 1.165) is 11.1 Å². The fourth-order valence-electron chi connectivity index (χ4n) is 2.82. The van der Waals surface area contributed by atoms with Crippen molar-refractivity contribution in [2.24, 2.45) is 7.05 Å². The Bertz CT molecular complexity index is 1010. The number of rotatable bonds is 4. The molecule has 1 aromatic heterocycles. The van der Waals surface area contributed by atoms with Crippen LogP contribution in [0.1, 0.15) is 22.7 Å². The van der Waals surface area contributed by atoms with E-state index in [1.165, 1.54) is 21.8 Å². The van der Waals surface area contributed by atoms with E-state index in [9.17, 15) is 4.79 Å². The van der Waals surface area contributed by atoms with Crippen molar-refractivity contribution in [3.05, 3.63) is 81.8 Å². The minimum absolute atomic E-state index is 0.169. The molecule has 1 heterocycles. The fraction of sp³-hybridized carbons (Fsp3) is 0.182. The van der Waals surface area contributed by atoms with E-state index >= 15 is 0 Å². The first-order chi connectivity index (χ1) is 12.5. The molecular weight excluding hydrogens is 322 g/mol. The number of nitrogens with zero attached hydrogens (tertiary/aromatic N) is 2. The average molecular weight is 343 g/mol. The maximum Gasteiger partial charge on any atom is 0.254 e. The van der Waals surface area contributed by atoms with Gasteiger partial charge in [0.15, 0.2) is 0 Å². The summed E-state index contributed by atoms with van der Waals surface area (Å²) in [5, 5.41) is 0. The highest BCUT2D eigenvalue weighted by atomic mass is 16.1. The third kappa shape index (κ3) is 3.68. The lowest BCUT2D eigenvalue weighted by Crippen LogP contribution is -2.23. The molecule has 3 aromatic rings. The van der Waals surface area contributed by atoms with Crippen LogP contribution in [0.15, 0.2) is 59.4 Å². The Labute approximate surface area is 153 Å². The fourth-order valence-corrected chi connectivity index (χ4v) is 2.82. The zero-order chi connectivity index (χ0) is 18.7. The number of anilines is 1. The van der Waals surface area contributed by atoms with Crippen LogP contribution >= 0.6 is 0 Å². The van der Waals surface area contributed by atoms with Gasteiger partial charge in [-0.3, -0.25) is 9.36 Å². The van der Waals surface area contributed by atoms with Gasteiger partial charge >= 0.3 is 0 Å². The summed E-state index contributed by atoms with van der Waals surface area (Å²) in [7, 11) is 1.59. The standard InChI is InChI=1S/C22H21N3O/c1-4-17(20-14-21(26)25(3)22(23)24-20)13-16-7-11-19(12-8-16)18-9-5-15(2)6-10-18/h1,5-12,14,17H,13H2,2-3H3,(H2,23,24)/t17-/m0/s1. The molecule has 0 fully saturated rings. The van der Waals surface area contributed by atoms with E-state index in [0.29, 0.717) is 12.1 Å². The zero-order valence-corrected chi connectivity index (χ0v) is 14.9. The van der Waals surface area contributed by atoms with Crippen LogP contribution in [-0.2, 0) is 13.5 Å². The van der Waals surface area contributed by atoms with Crippen molar-refractivity contribution >= 4 is 5.95 Å². The first kappa shape index (κ1) is 17.5. The van der Waals surface area contributed by atoms with E-state index in [4.69, 9.17) is 12.2 Å². The number of hydrogen-bond donors (Lipinski definition) is 1. The molecule has 2 N–H and O–H groups in total. The SMILES string of the molecule is C#C[C@@H](Cc1ccc(-c2ccc(C)cc2)cc1)c1cc(=O)n(C)c(N)n1. The summed E-state index contributed by atoms with van der Waals surface area (Å²) in [5.41, 5.74) is 10.8. The highest BCUT2D eigenvalue weighted by Gasteiger charge is 2.14. The van der Waals surface area contributed by atoms with Crippen molar-refractivity contribution in [2.45, 2.75) is 19.3 Å². The van der Waals surface area contributed by atoms with Crippen LogP contribution in [0, 0.1) is 19.3 Å². The van der Waals surface area contributed by atoms with E-state index in [1.54, 1.807) is 7.05 Å². The molecule has 0 radical (unpaired) electrons. The molecule has 0 bridgehead atoms. The van der Waals surface area contributed by atoms with Crippen molar-refractivity contribution in [1.82, 2.24) is 9.55 Å². The Morgan fingerprint density at radius 2 is 1.69 bits per heavy atom. The summed E-state index contributed by atoms with van der Waals surface area (Å²) in [6.07, 6.45) is 6.29. The molecule has 0 unspecified atom stereocenters. The van der Waals surface area contributed by atoms with Crippen LogP contribution in [0.25, 0.3) is 11.1 Å². The number of terminal acetylenes is 1. The van der Waals surface area contributed by atoms with E-state index in [2.05, 4.69) is 66.4 Å². The Balaban J connectivity index is 1.82. The van der Waals surface area contributed by atoms with Gasteiger partial charge in [-0.25, -0.2) is 4.98 Å². The Morgan fingerprint density at radius 1 is 1.12 bits per heavy atom. The van der Waals surface area contributed by atoms with Crippen LogP contribution < -0.4 is 11.3 Å². The predicted octanol–water partition coefficient (Wildman–Crippen LogP) is 3.30. The quantitative estimate of drug-likeness (QED) is 0.740. The van der Waals surface area contributed by atoms with Gasteiger partial charge in [-0.2, -0.15) is 0 Å². The topological polar surface area (TPSA) is 60.9 Å². The molecule has 0 saturated heterocycles. The molecule has 2 aromatic carbocycles. The molecule has 4 heteroatoms. The lowest BCUT2D eigenvalue weighted by molar-refractivity contribution is 0.773. The Kier molecular flexibility index (Phi) is 4.90.